The maximum Gasteiger partial charge on any atom is 0.254 e. The summed E-state index contributed by atoms with van der Waals surface area (Å²) in [6.07, 6.45) is 4.10. The van der Waals surface area contributed by atoms with E-state index in [4.69, 9.17) is 9.97 Å². The highest BCUT2D eigenvalue weighted by molar-refractivity contribution is 5.81. The van der Waals surface area contributed by atoms with Crippen LogP contribution in [0.1, 0.15) is 16.8 Å². The van der Waals surface area contributed by atoms with Crippen LogP contribution in [0.4, 0.5) is 5.82 Å². The van der Waals surface area contributed by atoms with E-state index in [0.29, 0.717) is 18.8 Å². The van der Waals surface area contributed by atoms with Crippen molar-refractivity contribution in [3.63, 3.8) is 0 Å². The van der Waals surface area contributed by atoms with Gasteiger partial charge in [-0.05, 0) is 30.7 Å². The molecule has 5 rings (SSSR count). The third kappa shape index (κ3) is 3.80. The molecule has 0 saturated carbocycles. The zero-order valence-corrected chi connectivity index (χ0v) is 17.7. The number of benzene rings is 1. The van der Waals surface area contributed by atoms with Crippen molar-refractivity contribution in [1.29, 1.82) is 0 Å². The minimum absolute atomic E-state index is 0.0437. The van der Waals surface area contributed by atoms with E-state index < -0.39 is 0 Å². The fraction of sp³-hybridized carbons (Fsp3) is 0.250. The molecule has 0 saturated heterocycles. The summed E-state index contributed by atoms with van der Waals surface area (Å²) in [5, 5.41) is 1.13. The van der Waals surface area contributed by atoms with Crippen LogP contribution in [0.15, 0.2) is 59.7 Å². The lowest BCUT2D eigenvalue weighted by Crippen LogP contribution is -2.35. The van der Waals surface area contributed by atoms with Gasteiger partial charge in [-0.15, -0.1) is 0 Å². The Bertz CT molecular complexity index is 1300. The number of aromatic amines is 1. The fourth-order valence-electron chi connectivity index (χ4n) is 4.17. The standard InChI is InChI=1S/C24H24N6O/c1-29(2)23-18(13-17-5-3-4-6-20(17)27-23)14-30-12-9-19-21(15-30)26-22(28-24(19)31)16-7-10-25-11-8-16/h3-8,10-11,13H,9,12,14-15H2,1-2H3,(H,26,28,31). The van der Waals surface area contributed by atoms with Crippen LogP contribution in [0.2, 0.25) is 0 Å². The molecule has 0 fully saturated rings. The summed E-state index contributed by atoms with van der Waals surface area (Å²) in [5.74, 6) is 1.56. The van der Waals surface area contributed by atoms with Gasteiger partial charge >= 0.3 is 0 Å². The molecule has 0 atom stereocenters. The topological polar surface area (TPSA) is 78.0 Å². The molecule has 1 aliphatic heterocycles. The monoisotopic (exact) mass is 412 g/mol. The molecular weight excluding hydrogens is 388 g/mol. The second-order valence-electron chi connectivity index (χ2n) is 8.09. The summed E-state index contributed by atoms with van der Waals surface area (Å²) < 4.78 is 0. The van der Waals surface area contributed by atoms with E-state index in [0.717, 1.165) is 46.6 Å². The van der Waals surface area contributed by atoms with E-state index in [9.17, 15) is 4.79 Å². The Hall–Kier alpha value is -3.58. The highest BCUT2D eigenvalue weighted by Crippen LogP contribution is 2.26. The fourth-order valence-corrected chi connectivity index (χ4v) is 4.17. The second-order valence-corrected chi connectivity index (χ2v) is 8.09. The number of rotatable bonds is 4. The minimum atomic E-state index is -0.0437. The first kappa shape index (κ1) is 19.4. The number of nitrogens with zero attached hydrogens (tertiary/aromatic N) is 5. The SMILES string of the molecule is CN(C)c1nc2ccccc2cc1CN1CCc2c(nc(-c3ccncc3)[nH]c2=O)C1. The molecular formula is C24H24N6O. The molecule has 4 heterocycles. The third-order valence-electron chi connectivity index (χ3n) is 5.70. The van der Waals surface area contributed by atoms with Crippen LogP contribution in [-0.2, 0) is 19.5 Å². The number of pyridine rings is 2. The molecule has 3 aromatic heterocycles. The summed E-state index contributed by atoms with van der Waals surface area (Å²) in [5.41, 5.74) is 4.62. The predicted octanol–water partition coefficient (Wildman–Crippen LogP) is 3.00. The van der Waals surface area contributed by atoms with Crippen molar-refractivity contribution in [3.8, 4) is 11.4 Å². The highest BCUT2D eigenvalue weighted by atomic mass is 16.1. The van der Waals surface area contributed by atoms with Crippen molar-refractivity contribution in [2.24, 2.45) is 0 Å². The smallest absolute Gasteiger partial charge is 0.254 e. The van der Waals surface area contributed by atoms with Gasteiger partial charge in [0, 0.05) is 68.2 Å². The highest BCUT2D eigenvalue weighted by Gasteiger charge is 2.23. The van der Waals surface area contributed by atoms with Gasteiger partial charge in [-0.25, -0.2) is 9.97 Å². The molecule has 31 heavy (non-hydrogen) atoms. The Morgan fingerprint density at radius 2 is 1.90 bits per heavy atom. The number of anilines is 1. The van der Waals surface area contributed by atoms with E-state index in [1.807, 2.05) is 44.4 Å². The van der Waals surface area contributed by atoms with Gasteiger partial charge in [0.2, 0.25) is 0 Å². The van der Waals surface area contributed by atoms with Crippen LogP contribution in [0, 0.1) is 0 Å². The van der Waals surface area contributed by atoms with Crippen LogP contribution in [-0.4, -0.2) is 45.5 Å². The Morgan fingerprint density at radius 1 is 1.10 bits per heavy atom. The van der Waals surface area contributed by atoms with Crippen molar-refractivity contribution in [3.05, 3.63) is 82.0 Å². The van der Waals surface area contributed by atoms with Gasteiger partial charge in [-0.1, -0.05) is 18.2 Å². The number of hydrogen-bond acceptors (Lipinski definition) is 6. The van der Waals surface area contributed by atoms with Crippen molar-refractivity contribution in [1.82, 2.24) is 24.8 Å². The summed E-state index contributed by atoms with van der Waals surface area (Å²) in [4.78, 5) is 33.7. The van der Waals surface area contributed by atoms with Crippen LogP contribution in [0.3, 0.4) is 0 Å². The molecule has 4 aromatic rings. The largest absolute Gasteiger partial charge is 0.362 e. The van der Waals surface area contributed by atoms with Crippen LogP contribution in [0.25, 0.3) is 22.3 Å². The minimum Gasteiger partial charge on any atom is -0.362 e. The van der Waals surface area contributed by atoms with E-state index in [2.05, 4.69) is 31.9 Å². The van der Waals surface area contributed by atoms with Gasteiger partial charge in [-0.2, -0.15) is 0 Å². The van der Waals surface area contributed by atoms with Gasteiger partial charge in [0.25, 0.3) is 5.56 Å². The maximum atomic E-state index is 12.7. The van der Waals surface area contributed by atoms with Crippen molar-refractivity contribution < 1.29 is 0 Å². The van der Waals surface area contributed by atoms with E-state index in [1.54, 1.807) is 12.4 Å². The lowest BCUT2D eigenvalue weighted by atomic mass is 10.0. The molecule has 7 heteroatoms. The zero-order valence-electron chi connectivity index (χ0n) is 17.7. The molecule has 0 unspecified atom stereocenters. The maximum absolute atomic E-state index is 12.7. The van der Waals surface area contributed by atoms with Crippen molar-refractivity contribution >= 4 is 16.7 Å². The number of hydrogen-bond donors (Lipinski definition) is 1. The average molecular weight is 412 g/mol. The van der Waals surface area contributed by atoms with E-state index in [1.165, 1.54) is 5.56 Å². The summed E-state index contributed by atoms with van der Waals surface area (Å²) >= 11 is 0. The number of aromatic nitrogens is 4. The van der Waals surface area contributed by atoms with Crippen LogP contribution >= 0.6 is 0 Å². The Balaban J connectivity index is 1.47. The molecule has 0 amide bonds. The number of fused-ring (bicyclic) bond motifs is 2. The van der Waals surface area contributed by atoms with Gasteiger partial charge in [0.15, 0.2) is 0 Å². The van der Waals surface area contributed by atoms with Crippen molar-refractivity contribution in [2.45, 2.75) is 19.5 Å². The Morgan fingerprint density at radius 3 is 2.71 bits per heavy atom. The molecule has 156 valence electrons. The van der Waals surface area contributed by atoms with E-state index in [-0.39, 0.29) is 5.56 Å². The first-order chi connectivity index (χ1) is 15.1. The summed E-state index contributed by atoms with van der Waals surface area (Å²) in [6.45, 7) is 2.20. The van der Waals surface area contributed by atoms with Crippen molar-refractivity contribution in [2.75, 3.05) is 25.5 Å². The average Bonchev–Trinajstić information content (AvgIpc) is 2.79. The second kappa shape index (κ2) is 7.92. The third-order valence-corrected chi connectivity index (χ3v) is 5.70. The zero-order chi connectivity index (χ0) is 21.4. The molecule has 0 bridgehead atoms. The van der Waals surface area contributed by atoms with E-state index >= 15 is 0 Å². The number of para-hydroxylation sites is 1. The molecule has 1 aliphatic rings. The van der Waals surface area contributed by atoms with Gasteiger partial charge < -0.3 is 9.88 Å². The van der Waals surface area contributed by atoms with Gasteiger partial charge in [-0.3, -0.25) is 14.7 Å². The van der Waals surface area contributed by atoms with Gasteiger partial charge in [0.05, 0.1) is 11.2 Å². The molecule has 1 aromatic carbocycles. The Kier molecular flexibility index (Phi) is 4.95. The molecule has 0 aliphatic carbocycles. The number of H-pyrrole nitrogens is 1. The first-order valence-electron chi connectivity index (χ1n) is 10.4. The lowest BCUT2D eigenvalue weighted by molar-refractivity contribution is 0.240. The lowest BCUT2D eigenvalue weighted by Gasteiger charge is -2.29. The molecule has 7 nitrogen and oxygen atoms in total. The normalized spacial score (nSPS) is 13.9. The summed E-state index contributed by atoms with van der Waals surface area (Å²) in [6, 6.07) is 14.1. The molecule has 1 N–H and O–H groups in total. The molecule has 0 radical (unpaired) electrons. The number of nitrogens with one attached hydrogen (secondary N) is 1. The van der Waals surface area contributed by atoms with Gasteiger partial charge in [0.1, 0.15) is 11.6 Å². The Labute approximate surface area is 180 Å². The predicted molar refractivity (Wildman–Crippen MR) is 122 cm³/mol. The van der Waals surface area contributed by atoms with Crippen LogP contribution < -0.4 is 10.5 Å². The van der Waals surface area contributed by atoms with Crippen LogP contribution in [0.5, 0.6) is 0 Å². The first-order valence-corrected chi connectivity index (χ1v) is 10.4. The summed E-state index contributed by atoms with van der Waals surface area (Å²) in [7, 11) is 4.04. The molecule has 0 spiro atoms. The quantitative estimate of drug-likeness (QED) is 0.555.